The average molecular weight is 289 g/mol. The highest BCUT2D eigenvalue weighted by Gasteiger charge is 2.26. The second kappa shape index (κ2) is 8.15. The molecule has 0 fully saturated rings. The van der Waals surface area contributed by atoms with Gasteiger partial charge in [0.2, 0.25) is 0 Å². The van der Waals surface area contributed by atoms with Crippen molar-refractivity contribution in [3.8, 4) is 5.75 Å². The minimum absolute atomic E-state index is 0.0180. The summed E-state index contributed by atoms with van der Waals surface area (Å²) in [5.41, 5.74) is 1.00. The van der Waals surface area contributed by atoms with Gasteiger partial charge in [-0.1, -0.05) is 32.0 Å². The van der Waals surface area contributed by atoms with Crippen LogP contribution in [0, 0.1) is 0 Å². The van der Waals surface area contributed by atoms with Gasteiger partial charge in [0, 0.05) is 18.0 Å². The number of alkyl halides is 3. The summed E-state index contributed by atoms with van der Waals surface area (Å²) in [6, 6.07) is 7.68. The molecule has 0 radical (unpaired) electrons. The van der Waals surface area contributed by atoms with Gasteiger partial charge in [0.25, 0.3) is 0 Å². The van der Waals surface area contributed by atoms with Gasteiger partial charge in [-0.25, -0.2) is 0 Å². The van der Waals surface area contributed by atoms with E-state index in [1.807, 2.05) is 31.2 Å². The van der Waals surface area contributed by atoms with Crippen LogP contribution in [-0.4, -0.2) is 19.3 Å². The lowest BCUT2D eigenvalue weighted by Gasteiger charge is -2.20. The first-order valence-electron chi connectivity index (χ1n) is 6.99. The van der Waals surface area contributed by atoms with Gasteiger partial charge in [-0.05, 0) is 25.5 Å². The van der Waals surface area contributed by atoms with Crippen LogP contribution in [0.5, 0.6) is 5.75 Å². The number of halogens is 3. The van der Waals surface area contributed by atoms with E-state index in [2.05, 4.69) is 12.2 Å². The second-order valence-corrected chi connectivity index (χ2v) is 4.62. The number of nitrogens with one attached hydrogen (secondary N) is 1. The van der Waals surface area contributed by atoms with Crippen molar-refractivity contribution in [3.05, 3.63) is 29.8 Å². The van der Waals surface area contributed by atoms with E-state index in [9.17, 15) is 13.2 Å². The van der Waals surface area contributed by atoms with Gasteiger partial charge in [0.15, 0.2) is 0 Å². The van der Waals surface area contributed by atoms with E-state index in [-0.39, 0.29) is 19.1 Å². The lowest BCUT2D eigenvalue weighted by Crippen LogP contribution is -2.21. The van der Waals surface area contributed by atoms with Crippen molar-refractivity contribution in [1.29, 1.82) is 0 Å². The van der Waals surface area contributed by atoms with Crippen molar-refractivity contribution >= 4 is 0 Å². The highest BCUT2D eigenvalue weighted by atomic mass is 19.4. The van der Waals surface area contributed by atoms with Crippen LogP contribution in [0.2, 0.25) is 0 Å². The summed E-state index contributed by atoms with van der Waals surface area (Å²) in [5.74, 6) is 0.669. The zero-order valence-electron chi connectivity index (χ0n) is 12.0. The van der Waals surface area contributed by atoms with Gasteiger partial charge in [0.1, 0.15) is 5.75 Å². The monoisotopic (exact) mass is 289 g/mol. The van der Waals surface area contributed by atoms with Crippen LogP contribution in [0.15, 0.2) is 24.3 Å². The van der Waals surface area contributed by atoms with E-state index < -0.39 is 12.6 Å². The lowest BCUT2D eigenvalue weighted by atomic mass is 10.0. The molecule has 0 amide bonds. The molecule has 0 saturated carbocycles. The molecule has 2 nitrogen and oxygen atoms in total. The Morgan fingerprint density at radius 1 is 1.20 bits per heavy atom. The van der Waals surface area contributed by atoms with Crippen LogP contribution in [0.3, 0.4) is 0 Å². The summed E-state index contributed by atoms with van der Waals surface area (Å²) in [6.45, 7) is 5.00. The molecule has 1 rings (SSSR count). The van der Waals surface area contributed by atoms with Crippen LogP contribution >= 0.6 is 0 Å². The fourth-order valence-electron chi connectivity index (χ4n) is 2.08. The Labute approximate surface area is 118 Å². The third-order valence-corrected chi connectivity index (χ3v) is 3.02. The first kappa shape index (κ1) is 16.8. The maximum atomic E-state index is 12.1. The Kier molecular flexibility index (Phi) is 6.85. The molecule has 0 saturated heterocycles. The smallest absolute Gasteiger partial charge is 0.389 e. The third-order valence-electron chi connectivity index (χ3n) is 3.02. The predicted molar refractivity (Wildman–Crippen MR) is 73.9 cm³/mol. The van der Waals surface area contributed by atoms with E-state index in [0.29, 0.717) is 5.75 Å². The highest BCUT2D eigenvalue weighted by molar-refractivity contribution is 5.35. The Morgan fingerprint density at radius 2 is 1.90 bits per heavy atom. The number of benzene rings is 1. The fraction of sp³-hybridized carbons (Fsp3) is 0.600. The van der Waals surface area contributed by atoms with Crippen molar-refractivity contribution in [3.63, 3.8) is 0 Å². The molecule has 0 bridgehead atoms. The van der Waals surface area contributed by atoms with Gasteiger partial charge in [-0.15, -0.1) is 0 Å². The molecular formula is C15H22F3NO. The van der Waals surface area contributed by atoms with Crippen molar-refractivity contribution in [1.82, 2.24) is 5.32 Å². The molecule has 5 heteroatoms. The van der Waals surface area contributed by atoms with Crippen LogP contribution in [0.4, 0.5) is 13.2 Å². The van der Waals surface area contributed by atoms with Crippen molar-refractivity contribution in [2.24, 2.45) is 0 Å². The van der Waals surface area contributed by atoms with Crippen LogP contribution in [0.1, 0.15) is 44.7 Å². The minimum atomic E-state index is -4.11. The maximum Gasteiger partial charge on any atom is 0.389 e. The summed E-state index contributed by atoms with van der Waals surface area (Å²) < 4.78 is 41.8. The summed E-state index contributed by atoms with van der Waals surface area (Å²) in [6.07, 6.45) is -4.04. The molecular weight excluding hydrogens is 267 g/mol. The first-order chi connectivity index (χ1) is 9.48. The molecule has 1 N–H and O–H groups in total. The van der Waals surface area contributed by atoms with Gasteiger partial charge in [-0.2, -0.15) is 13.2 Å². The molecule has 0 heterocycles. The van der Waals surface area contributed by atoms with Crippen molar-refractivity contribution < 1.29 is 17.9 Å². The summed E-state index contributed by atoms with van der Waals surface area (Å²) in [5, 5.41) is 3.34. The van der Waals surface area contributed by atoms with Crippen molar-refractivity contribution in [2.75, 3.05) is 13.2 Å². The van der Waals surface area contributed by atoms with Gasteiger partial charge < -0.3 is 10.1 Å². The van der Waals surface area contributed by atoms with E-state index in [1.165, 1.54) is 0 Å². The van der Waals surface area contributed by atoms with Gasteiger partial charge >= 0.3 is 6.18 Å². The van der Waals surface area contributed by atoms with Gasteiger partial charge in [0.05, 0.1) is 6.61 Å². The molecule has 0 aliphatic rings. The van der Waals surface area contributed by atoms with E-state index >= 15 is 0 Å². The summed E-state index contributed by atoms with van der Waals surface area (Å²) in [4.78, 5) is 0. The first-order valence-corrected chi connectivity index (χ1v) is 6.99. The molecule has 0 spiro atoms. The molecule has 1 unspecified atom stereocenters. The molecule has 0 aliphatic heterocycles. The molecule has 114 valence electrons. The molecule has 1 aromatic carbocycles. The lowest BCUT2D eigenvalue weighted by molar-refractivity contribution is -0.136. The Hall–Kier alpha value is -1.23. The number of hydrogen-bond acceptors (Lipinski definition) is 2. The van der Waals surface area contributed by atoms with Crippen LogP contribution in [0.25, 0.3) is 0 Å². The summed E-state index contributed by atoms with van der Waals surface area (Å²) >= 11 is 0. The molecule has 0 aliphatic carbocycles. The molecule has 1 atom stereocenters. The number of ether oxygens (including phenoxy) is 1. The SMILES string of the molecule is CCNC(CC)c1ccccc1OCCCC(F)(F)F. The number of hydrogen-bond donors (Lipinski definition) is 1. The zero-order valence-corrected chi connectivity index (χ0v) is 12.0. The quantitative estimate of drug-likeness (QED) is 0.713. The highest BCUT2D eigenvalue weighted by Crippen LogP contribution is 2.28. The normalized spacial score (nSPS) is 13.2. The number of para-hydroxylation sites is 1. The van der Waals surface area contributed by atoms with Crippen LogP contribution < -0.4 is 10.1 Å². The second-order valence-electron chi connectivity index (χ2n) is 4.62. The Balaban J connectivity index is 2.61. The Bertz CT molecular complexity index is 393. The van der Waals surface area contributed by atoms with E-state index in [1.54, 1.807) is 0 Å². The molecule has 1 aromatic rings. The largest absolute Gasteiger partial charge is 0.493 e. The average Bonchev–Trinajstić information content (AvgIpc) is 2.40. The van der Waals surface area contributed by atoms with Crippen molar-refractivity contribution in [2.45, 2.75) is 45.3 Å². The predicted octanol–water partition coefficient (Wildman–Crippen LogP) is 4.47. The van der Waals surface area contributed by atoms with E-state index in [4.69, 9.17) is 4.74 Å². The fourth-order valence-corrected chi connectivity index (χ4v) is 2.08. The Morgan fingerprint density at radius 3 is 2.50 bits per heavy atom. The topological polar surface area (TPSA) is 21.3 Å². The maximum absolute atomic E-state index is 12.1. The number of rotatable bonds is 8. The van der Waals surface area contributed by atoms with Gasteiger partial charge in [-0.3, -0.25) is 0 Å². The molecule has 20 heavy (non-hydrogen) atoms. The zero-order chi connectivity index (χ0) is 15.0. The van der Waals surface area contributed by atoms with E-state index in [0.717, 1.165) is 18.5 Å². The minimum Gasteiger partial charge on any atom is -0.493 e. The standard InChI is InChI=1S/C15H22F3NO/c1-3-13(19-4-2)12-8-5-6-9-14(12)20-11-7-10-15(16,17)18/h5-6,8-9,13,19H,3-4,7,10-11H2,1-2H3. The molecule has 0 aromatic heterocycles. The van der Waals surface area contributed by atoms with Crippen LogP contribution in [-0.2, 0) is 0 Å². The third kappa shape index (κ3) is 5.82. The summed E-state index contributed by atoms with van der Waals surface area (Å²) in [7, 11) is 0.